The Hall–Kier alpha value is -4.38. The third-order valence-electron chi connectivity index (χ3n) is 11.1. The van der Waals surface area contributed by atoms with Crippen molar-refractivity contribution in [1.82, 2.24) is 0 Å². The molecule has 0 saturated heterocycles. The largest absolute Gasteiger partial charge is 0.472 e. The van der Waals surface area contributed by atoms with E-state index < -0.39 is 64.4 Å². The van der Waals surface area contributed by atoms with Crippen LogP contribution in [0.4, 0.5) is 0 Å². The van der Waals surface area contributed by atoms with Crippen molar-refractivity contribution in [2.45, 2.75) is 213 Å². The second kappa shape index (κ2) is 54.9. The van der Waals surface area contributed by atoms with E-state index in [1.165, 1.54) is 57.8 Å². The van der Waals surface area contributed by atoms with Crippen LogP contribution in [0.5, 0.6) is 0 Å². The van der Waals surface area contributed by atoms with Gasteiger partial charge in [0, 0.05) is 6.42 Å². The average molecular weight is 1050 g/mol. The Morgan fingerprint density at radius 1 is 0.405 bits per heavy atom. The van der Waals surface area contributed by atoms with Crippen molar-refractivity contribution in [3.63, 3.8) is 0 Å². The number of carbonyl (C=O) groups is 3. The van der Waals surface area contributed by atoms with E-state index in [9.17, 15) is 28.9 Å². The van der Waals surface area contributed by atoms with Crippen LogP contribution in [0.2, 0.25) is 0 Å². The monoisotopic (exact) mass is 1050 g/mol. The van der Waals surface area contributed by atoms with Gasteiger partial charge in [-0.25, -0.2) is 4.57 Å². The van der Waals surface area contributed by atoms with Crippen LogP contribution in [0.15, 0.2) is 134 Å². The summed E-state index contributed by atoms with van der Waals surface area (Å²) in [5.41, 5.74) is 0. The third-order valence-corrected chi connectivity index (χ3v) is 12.1. The van der Waals surface area contributed by atoms with Crippen LogP contribution in [0, 0.1) is 0 Å². The first-order valence-corrected chi connectivity index (χ1v) is 29.6. The fraction of sp³-hybridized carbons (Fsp3) is 0.597. The van der Waals surface area contributed by atoms with Crippen molar-refractivity contribution >= 4 is 25.7 Å². The molecule has 0 aromatic heterocycles. The van der Waals surface area contributed by atoms with Gasteiger partial charge in [0.25, 0.3) is 0 Å². The van der Waals surface area contributed by atoms with Gasteiger partial charge in [-0.3, -0.25) is 23.4 Å². The van der Waals surface area contributed by atoms with Gasteiger partial charge in [-0.15, -0.1) is 0 Å². The van der Waals surface area contributed by atoms with E-state index in [1.54, 1.807) is 12.2 Å². The Kier molecular flexibility index (Phi) is 51.6. The molecule has 11 nitrogen and oxygen atoms in total. The number of hydrogen-bond donors (Lipinski definition) is 2. The number of phosphoric acid groups is 1. The van der Waals surface area contributed by atoms with E-state index in [0.29, 0.717) is 19.3 Å². The highest BCUT2D eigenvalue weighted by Crippen LogP contribution is 2.43. The van der Waals surface area contributed by atoms with Crippen molar-refractivity contribution in [3.8, 4) is 0 Å². The molecule has 0 rings (SSSR count). The molecule has 12 heteroatoms. The van der Waals surface area contributed by atoms with Crippen LogP contribution in [-0.2, 0) is 42.2 Å². The van der Waals surface area contributed by atoms with Crippen LogP contribution in [0.25, 0.3) is 0 Å². The highest BCUT2D eigenvalue weighted by Gasteiger charge is 2.28. The quantitative estimate of drug-likeness (QED) is 0.0197. The van der Waals surface area contributed by atoms with Gasteiger partial charge in [-0.1, -0.05) is 219 Å². The minimum absolute atomic E-state index is 0.0189. The van der Waals surface area contributed by atoms with Gasteiger partial charge in [0.15, 0.2) is 6.10 Å². The van der Waals surface area contributed by atoms with Crippen molar-refractivity contribution < 1.29 is 52.2 Å². The van der Waals surface area contributed by atoms with Crippen LogP contribution in [0.1, 0.15) is 201 Å². The summed E-state index contributed by atoms with van der Waals surface area (Å²) in [7, 11) is -4.80. The molecular weight excluding hydrogens is 952 g/mol. The van der Waals surface area contributed by atoms with Gasteiger partial charge >= 0.3 is 25.7 Å². The molecule has 0 aliphatic carbocycles. The summed E-state index contributed by atoms with van der Waals surface area (Å²) < 4.78 is 39.2. The van der Waals surface area contributed by atoms with Crippen molar-refractivity contribution in [2.75, 3.05) is 26.4 Å². The molecule has 0 fully saturated rings. The molecule has 0 aliphatic heterocycles. The topological polar surface area (TPSA) is 155 Å². The molecule has 0 bridgehead atoms. The number of hydrogen-bond acceptors (Lipinski definition) is 10. The van der Waals surface area contributed by atoms with E-state index >= 15 is 0 Å². The molecule has 0 aromatic rings. The zero-order valence-corrected chi connectivity index (χ0v) is 46.9. The van der Waals surface area contributed by atoms with Crippen molar-refractivity contribution in [3.05, 3.63) is 134 Å². The zero-order chi connectivity index (χ0) is 54.1. The van der Waals surface area contributed by atoms with Gasteiger partial charge in [0.2, 0.25) is 0 Å². The lowest BCUT2D eigenvalue weighted by molar-refractivity contribution is -0.161. The number of ether oxygens (including phenoxy) is 3. The first kappa shape index (κ1) is 69.6. The summed E-state index contributed by atoms with van der Waals surface area (Å²) in [5.74, 6) is -1.77. The lowest BCUT2D eigenvalue weighted by Gasteiger charge is -2.21. The highest BCUT2D eigenvalue weighted by atomic mass is 31.2. The molecule has 3 atom stereocenters. The first-order chi connectivity index (χ1) is 36.2. The summed E-state index contributed by atoms with van der Waals surface area (Å²) in [5, 5.41) is 9.78. The van der Waals surface area contributed by atoms with E-state index in [0.717, 1.165) is 83.5 Å². The van der Waals surface area contributed by atoms with E-state index in [4.69, 9.17) is 23.3 Å². The molecule has 3 unspecified atom stereocenters. The van der Waals surface area contributed by atoms with Crippen LogP contribution < -0.4 is 0 Å². The van der Waals surface area contributed by atoms with E-state index in [1.807, 2.05) is 30.4 Å². The van der Waals surface area contributed by atoms with Gasteiger partial charge in [0.05, 0.1) is 32.7 Å². The summed E-state index contributed by atoms with van der Waals surface area (Å²) in [4.78, 5) is 48.4. The number of aliphatic hydroxyl groups excluding tert-OH is 1. The number of aliphatic hydroxyl groups is 1. The highest BCUT2D eigenvalue weighted by molar-refractivity contribution is 7.47. The van der Waals surface area contributed by atoms with E-state index in [2.05, 4.69) is 112 Å². The summed E-state index contributed by atoms with van der Waals surface area (Å²) in [6.45, 7) is 4.16. The Balaban J connectivity index is 4.93. The van der Waals surface area contributed by atoms with Gasteiger partial charge in [0.1, 0.15) is 12.7 Å². The Labute approximate surface area is 449 Å². The lowest BCUT2D eigenvalue weighted by Crippen LogP contribution is -2.30. The number of allylic oxidation sites excluding steroid dienone is 20. The summed E-state index contributed by atoms with van der Waals surface area (Å²) in [6.07, 6.45) is 69.0. The molecule has 0 aliphatic rings. The second-order valence-electron chi connectivity index (χ2n) is 18.0. The lowest BCUT2D eigenvalue weighted by atomic mass is 10.1. The number of phosphoric ester groups is 1. The number of rotatable bonds is 50. The summed E-state index contributed by atoms with van der Waals surface area (Å²) >= 11 is 0. The van der Waals surface area contributed by atoms with Crippen LogP contribution >= 0.6 is 7.82 Å². The zero-order valence-electron chi connectivity index (χ0n) is 46.0. The van der Waals surface area contributed by atoms with Crippen molar-refractivity contribution in [2.24, 2.45) is 0 Å². The standard InChI is InChI=1S/C62H99O11P/c1-4-7-10-13-16-19-22-25-28-29-32-35-38-41-44-47-50-53-62(66)73-59(55-69-60(64)51-48-45-42-39-36-33-30-26-23-20-17-14-11-8-5-2)57-71-74(67,68)70-56-58(54-63)72-61(65)52-49-46-43-40-37-34-31-27-24-21-18-15-12-9-6-3/h8-9,11-12,17-18,20-21,25-28,30-31,36-37,39-40,45-46,48-49,58-59,63H,4-7,10,13-16,19,22-24,29,32-35,38,41-44,47,50-57H2,1-3H3,(H,67,68)/b11-8-,12-9-,20-17-,21-18-,28-25-,30-26-,31-27-,39-36-,40-37-,48-45-,49-46-. The minimum atomic E-state index is -4.80. The maximum atomic E-state index is 12.9. The third kappa shape index (κ3) is 52.5. The Bertz CT molecular complexity index is 1750. The fourth-order valence-electron chi connectivity index (χ4n) is 6.91. The first-order valence-electron chi connectivity index (χ1n) is 28.1. The van der Waals surface area contributed by atoms with E-state index in [-0.39, 0.29) is 19.3 Å². The fourth-order valence-corrected chi connectivity index (χ4v) is 7.69. The molecule has 0 heterocycles. The molecule has 0 radical (unpaired) electrons. The maximum absolute atomic E-state index is 12.9. The molecule has 0 amide bonds. The smallest absolute Gasteiger partial charge is 0.461 e. The molecular formula is C62H99O11P. The van der Waals surface area contributed by atoms with Gasteiger partial charge < -0.3 is 24.2 Å². The number of unbranched alkanes of at least 4 members (excludes halogenated alkanes) is 13. The van der Waals surface area contributed by atoms with Crippen molar-refractivity contribution in [1.29, 1.82) is 0 Å². The molecule has 0 saturated carbocycles. The number of carbonyl (C=O) groups excluding carboxylic acids is 3. The predicted molar refractivity (Wildman–Crippen MR) is 306 cm³/mol. The maximum Gasteiger partial charge on any atom is 0.472 e. The molecule has 0 spiro atoms. The molecule has 418 valence electrons. The summed E-state index contributed by atoms with van der Waals surface area (Å²) in [6, 6.07) is 0. The predicted octanol–water partition coefficient (Wildman–Crippen LogP) is 16.6. The second-order valence-corrected chi connectivity index (χ2v) is 19.5. The van der Waals surface area contributed by atoms with Gasteiger partial charge in [-0.2, -0.15) is 0 Å². The average Bonchev–Trinajstić information content (AvgIpc) is 3.39. The van der Waals surface area contributed by atoms with Crippen LogP contribution in [0.3, 0.4) is 0 Å². The Morgan fingerprint density at radius 3 is 1.18 bits per heavy atom. The SMILES string of the molecule is CC/C=C\C/C=C\C/C=C\C/C=C\C/C=C\CC(=O)OCC(COP(=O)(O)OCC(CO)OC(=O)C/C=C\C/C=C\C/C=C\C/C=C\C/C=C\CC)OC(=O)CCCCCCCCC/C=C\CCCCCCCC. The number of esters is 3. The normalized spacial score (nSPS) is 14.4. The van der Waals surface area contributed by atoms with Gasteiger partial charge in [-0.05, 0) is 96.3 Å². The molecule has 0 aromatic carbocycles. The Morgan fingerprint density at radius 2 is 0.757 bits per heavy atom. The van der Waals surface area contributed by atoms with Crippen LogP contribution in [-0.4, -0.2) is 66.5 Å². The minimum Gasteiger partial charge on any atom is -0.461 e. The molecule has 2 N–H and O–H groups in total. The molecule has 74 heavy (non-hydrogen) atoms.